The van der Waals surface area contributed by atoms with E-state index in [4.69, 9.17) is 4.74 Å². The highest BCUT2D eigenvalue weighted by atomic mass is 16.5. The Balaban J connectivity index is 1.19. The molecule has 1 saturated heterocycles. The summed E-state index contributed by atoms with van der Waals surface area (Å²) in [5.41, 5.74) is 5.20. The van der Waals surface area contributed by atoms with Crippen LogP contribution in [0.15, 0.2) is 78.9 Å². The van der Waals surface area contributed by atoms with Gasteiger partial charge in [0.25, 0.3) is 5.91 Å². The van der Waals surface area contributed by atoms with Crippen LogP contribution in [0.5, 0.6) is 0 Å². The Morgan fingerprint density at radius 1 is 0.763 bits per heavy atom. The fraction of sp³-hybridized carbons (Fsp3) is 0.290. The SMILES string of the molecule is C[C@H](NC(=O)COC(=O)[C@H](C)N1C(=O)[C@@H]2C3c4ccccc4C(c4ccccc43)[C@H]2C1=O)c1ccccc1. The topological polar surface area (TPSA) is 92.8 Å². The predicted octanol–water partition coefficient (Wildman–Crippen LogP) is 3.69. The molecule has 7 heteroatoms. The first-order valence-corrected chi connectivity index (χ1v) is 12.9. The second-order valence-corrected chi connectivity index (χ2v) is 10.3. The molecule has 1 heterocycles. The molecular weight excluding hydrogens is 480 g/mol. The number of likely N-dealkylation sites (tertiary alicyclic amines) is 1. The molecule has 1 N–H and O–H groups in total. The van der Waals surface area contributed by atoms with Gasteiger partial charge in [0.2, 0.25) is 11.8 Å². The molecule has 4 atom stereocenters. The number of imide groups is 1. The summed E-state index contributed by atoms with van der Waals surface area (Å²) in [5.74, 6) is -3.57. The van der Waals surface area contributed by atoms with Crippen LogP contribution in [-0.4, -0.2) is 41.2 Å². The summed E-state index contributed by atoms with van der Waals surface area (Å²) < 4.78 is 5.26. The van der Waals surface area contributed by atoms with Crippen molar-refractivity contribution < 1.29 is 23.9 Å². The fourth-order valence-electron chi connectivity index (χ4n) is 6.55. The van der Waals surface area contributed by atoms with Crippen molar-refractivity contribution in [2.45, 2.75) is 37.8 Å². The smallest absolute Gasteiger partial charge is 0.329 e. The van der Waals surface area contributed by atoms with Crippen LogP contribution in [0.1, 0.15) is 59.5 Å². The summed E-state index contributed by atoms with van der Waals surface area (Å²) >= 11 is 0. The number of benzene rings is 3. The molecule has 3 aromatic rings. The quantitative estimate of drug-likeness (QED) is 0.405. The van der Waals surface area contributed by atoms with Crippen molar-refractivity contribution in [2.24, 2.45) is 11.8 Å². The van der Waals surface area contributed by atoms with Gasteiger partial charge in [-0.15, -0.1) is 0 Å². The maximum Gasteiger partial charge on any atom is 0.329 e. The number of esters is 1. The van der Waals surface area contributed by atoms with Gasteiger partial charge in [-0.2, -0.15) is 0 Å². The average Bonchev–Trinajstić information content (AvgIpc) is 3.21. The molecule has 38 heavy (non-hydrogen) atoms. The molecule has 192 valence electrons. The van der Waals surface area contributed by atoms with Crippen LogP contribution in [0.3, 0.4) is 0 Å². The van der Waals surface area contributed by atoms with Gasteiger partial charge in [-0.05, 0) is 41.7 Å². The Labute approximate surface area is 220 Å². The number of nitrogens with one attached hydrogen (secondary N) is 1. The van der Waals surface area contributed by atoms with E-state index in [1.807, 2.05) is 85.8 Å². The lowest BCUT2D eigenvalue weighted by atomic mass is 9.55. The minimum absolute atomic E-state index is 0.243. The van der Waals surface area contributed by atoms with Crippen molar-refractivity contribution in [3.63, 3.8) is 0 Å². The van der Waals surface area contributed by atoms with E-state index in [9.17, 15) is 19.2 Å². The first-order valence-electron chi connectivity index (χ1n) is 12.9. The largest absolute Gasteiger partial charge is 0.454 e. The van der Waals surface area contributed by atoms with Crippen molar-refractivity contribution in [1.29, 1.82) is 0 Å². The van der Waals surface area contributed by atoms with Crippen LogP contribution in [0.25, 0.3) is 0 Å². The first-order chi connectivity index (χ1) is 18.4. The molecule has 0 spiro atoms. The molecule has 1 fully saturated rings. The fourth-order valence-corrected chi connectivity index (χ4v) is 6.55. The molecule has 1 aliphatic heterocycles. The predicted molar refractivity (Wildman–Crippen MR) is 139 cm³/mol. The number of amides is 3. The van der Waals surface area contributed by atoms with Gasteiger partial charge in [-0.3, -0.25) is 19.3 Å². The molecule has 7 nitrogen and oxygen atoms in total. The van der Waals surface area contributed by atoms with Gasteiger partial charge in [0.15, 0.2) is 6.61 Å². The Bertz CT molecular complexity index is 1340. The number of hydrogen-bond donors (Lipinski definition) is 1. The number of carbonyl (C=O) groups is 4. The van der Waals surface area contributed by atoms with E-state index in [0.29, 0.717) is 0 Å². The van der Waals surface area contributed by atoms with E-state index in [1.165, 1.54) is 6.92 Å². The van der Waals surface area contributed by atoms with Crippen LogP contribution in [0.4, 0.5) is 0 Å². The molecule has 3 amide bonds. The molecule has 3 aliphatic carbocycles. The van der Waals surface area contributed by atoms with Gasteiger partial charge in [0.05, 0.1) is 17.9 Å². The molecule has 4 aliphatic rings. The number of hydrogen-bond acceptors (Lipinski definition) is 5. The molecule has 0 radical (unpaired) electrons. The van der Waals surface area contributed by atoms with Gasteiger partial charge < -0.3 is 10.1 Å². The van der Waals surface area contributed by atoms with E-state index in [1.54, 1.807) is 0 Å². The average molecular weight is 509 g/mol. The lowest BCUT2D eigenvalue weighted by Gasteiger charge is -2.45. The van der Waals surface area contributed by atoms with Crippen molar-refractivity contribution >= 4 is 23.7 Å². The number of rotatable bonds is 6. The summed E-state index contributed by atoms with van der Waals surface area (Å²) in [5, 5.41) is 2.79. The van der Waals surface area contributed by atoms with E-state index in [2.05, 4.69) is 5.32 Å². The zero-order valence-corrected chi connectivity index (χ0v) is 21.2. The zero-order valence-electron chi connectivity index (χ0n) is 21.2. The Morgan fingerprint density at radius 2 is 1.21 bits per heavy atom. The third-order valence-electron chi connectivity index (χ3n) is 8.23. The lowest BCUT2D eigenvalue weighted by Crippen LogP contribution is -2.45. The van der Waals surface area contributed by atoms with Crippen LogP contribution < -0.4 is 5.32 Å². The summed E-state index contributed by atoms with van der Waals surface area (Å²) in [4.78, 5) is 54.0. The second kappa shape index (κ2) is 9.24. The molecule has 7 rings (SSSR count). The maximum absolute atomic E-state index is 13.8. The first kappa shape index (κ1) is 24.1. The monoisotopic (exact) mass is 508 g/mol. The highest BCUT2D eigenvalue weighted by molar-refractivity contribution is 6.10. The highest BCUT2D eigenvalue weighted by Gasteiger charge is 2.62. The van der Waals surface area contributed by atoms with Crippen molar-refractivity contribution in [3.8, 4) is 0 Å². The number of carbonyl (C=O) groups excluding carboxylic acids is 4. The van der Waals surface area contributed by atoms with Crippen molar-refractivity contribution in [3.05, 3.63) is 107 Å². The third-order valence-corrected chi connectivity index (χ3v) is 8.23. The summed E-state index contributed by atoms with van der Waals surface area (Å²) in [6.07, 6.45) is 0. The van der Waals surface area contributed by atoms with Crippen LogP contribution >= 0.6 is 0 Å². The normalized spacial score (nSPS) is 24.2. The minimum Gasteiger partial charge on any atom is -0.454 e. The lowest BCUT2D eigenvalue weighted by molar-refractivity contribution is -0.159. The van der Waals surface area contributed by atoms with Crippen LogP contribution in [-0.2, 0) is 23.9 Å². The van der Waals surface area contributed by atoms with Gasteiger partial charge in [-0.1, -0.05) is 78.9 Å². The van der Waals surface area contributed by atoms with Crippen molar-refractivity contribution in [1.82, 2.24) is 10.2 Å². The van der Waals surface area contributed by atoms with Crippen LogP contribution in [0, 0.1) is 11.8 Å². The molecule has 0 saturated carbocycles. The summed E-state index contributed by atoms with van der Waals surface area (Å²) in [6, 6.07) is 24.0. The standard InChI is InChI=1S/C31H28N2O5/c1-17(19-10-4-3-5-11-19)32-24(34)16-38-31(37)18(2)33-29(35)27-25-20-12-6-7-13-21(20)26(28(27)30(33)36)23-15-9-8-14-22(23)25/h3-15,17-18,25-28H,16H2,1-2H3,(H,32,34)/t17-,18-,25?,26?,27+,28+/m0/s1. The van der Waals surface area contributed by atoms with E-state index >= 15 is 0 Å². The van der Waals surface area contributed by atoms with E-state index in [0.717, 1.165) is 32.7 Å². The number of nitrogens with zero attached hydrogens (tertiary/aromatic N) is 1. The van der Waals surface area contributed by atoms with Gasteiger partial charge in [0.1, 0.15) is 6.04 Å². The number of ether oxygens (including phenoxy) is 1. The van der Waals surface area contributed by atoms with Gasteiger partial charge in [-0.25, -0.2) is 4.79 Å². The van der Waals surface area contributed by atoms with Crippen molar-refractivity contribution in [2.75, 3.05) is 6.61 Å². The maximum atomic E-state index is 13.8. The second-order valence-electron chi connectivity index (χ2n) is 10.3. The van der Waals surface area contributed by atoms with Gasteiger partial charge in [0, 0.05) is 11.8 Å². The Morgan fingerprint density at radius 3 is 1.68 bits per heavy atom. The minimum atomic E-state index is -1.13. The molecular formula is C31H28N2O5. The van der Waals surface area contributed by atoms with Crippen LogP contribution in [0.2, 0.25) is 0 Å². The Hall–Kier alpha value is -4.26. The summed E-state index contributed by atoms with van der Waals surface area (Å²) in [6.45, 7) is 2.83. The van der Waals surface area contributed by atoms with E-state index < -0.39 is 36.4 Å². The summed E-state index contributed by atoms with van der Waals surface area (Å²) in [7, 11) is 0. The molecule has 2 bridgehead atoms. The Kier molecular flexibility index (Phi) is 5.86. The molecule has 0 aromatic heterocycles. The molecule has 0 unspecified atom stereocenters. The molecule has 3 aromatic carbocycles. The van der Waals surface area contributed by atoms with Gasteiger partial charge >= 0.3 is 5.97 Å². The van der Waals surface area contributed by atoms with E-state index in [-0.39, 0.29) is 29.7 Å². The highest BCUT2D eigenvalue weighted by Crippen LogP contribution is 2.61. The third kappa shape index (κ3) is 3.64. The zero-order chi connectivity index (χ0) is 26.6.